The van der Waals surface area contributed by atoms with E-state index in [4.69, 9.17) is 5.11 Å². The lowest BCUT2D eigenvalue weighted by atomic mass is 10.3. The smallest absolute Gasteiger partial charge is 0.356 e. The Kier molecular flexibility index (Phi) is 2.15. The molecule has 17 heavy (non-hydrogen) atoms. The molecule has 0 saturated carbocycles. The van der Waals surface area contributed by atoms with Gasteiger partial charge in [-0.25, -0.2) is 14.3 Å². The summed E-state index contributed by atoms with van der Waals surface area (Å²) in [6.45, 7) is 0. The van der Waals surface area contributed by atoms with Crippen molar-refractivity contribution in [3.8, 4) is 10.6 Å². The summed E-state index contributed by atoms with van der Waals surface area (Å²) in [5.74, 6) is -1.05. The molecule has 0 fully saturated rings. The fourth-order valence-corrected chi connectivity index (χ4v) is 2.23. The van der Waals surface area contributed by atoms with Crippen molar-refractivity contribution < 1.29 is 9.90 Å². The molecular formula is C11H7N3O2S. The van der Waals surface area contributed by atoms with Gasteiger partial charge in [-0.15, -0.1) is 11.3 Å². The molecule has 3 heterocycles. The Morgan fingerprint density at radius 1 is 1.35 bits per heavy atom. The van der Waals surface area contributed by atoms with Crippen LogP contribution in [0.2, 0.25) is 0 Å². The summed E-state index contributed by atoms with van der Waals surface area (Å²) in [5, 5.41) is 15.1. The molecule has 0 bridgehead atoms. The number of nitrogens with zero attached hydrogens (tertiary/aromatic N) is 3. The highest BCUT2D eigenvalue weighted by molar-refractivity contribution is 7.13. The van der Waals surface area contributed by atoms with E-state index in [1.54, 1.807) is 17.4 Å². The summed E-state index contributed by atoms with van der Waals surface area (Å²) in [7, 11) is 0. The van der Waals surface area contributed by atoms with Crippen LogP contribution in [0.1, 0.15) is 10.5 Å². The van der Waals surface area contributed by atoms with E-state index < -0.39 is 5.97 Å². The molecule has 5 nitrogen and oxygen atoms in total. The monoisotopic (exact) mass is 245 g/mol. The van der Waals surface area contributed by atoms with E-state index in [9.17, 15) is 4.79 Å². The Bertz CT molecular complexity index is 688. The Balaban J connectivity index is 2.16. The number of aromatic nitrogens is 3. The number of carboxylic acids is 1. The van der Waals surface area contributed by atoms with Crippen LogP contribution in [0.25, 0.3) is 16.2 Å². The van der Waals surface area contributed by atoms with E-state index in [0.29, 0.717) is 5.65 Å². The third-order valence-electron chi connectivity index (χ3n) is 2.31. The Hall–Kier alpha value is -2.21. The molecule has 0 atom stereocenters. The van der Waals surface area contributed by atoms with Gasteiger partial charge in [-0.2, -0.15) is 5.10 Å². The van der Waals surface area contributed by atoms with Gasteiger partial charge in [0.15, 0.2) is 11.3 Å². The van der Waals surface area contributed by atoms with Gasteiger partial charge in [-0.3, -0.25) is 0 Å². The van der Waals surface area contributed by atoms with Gasteiger partial charge < -0.3 is 5.11 Å². The number of hydrogen-bond acceptors (Lipinski definition) is 4. The molecule has 0 radical (unpaired) electrons. The van der Waals surface area contributed by atoms with Crippen LogP contribution < -0.4 is 0 Å². The molecule has 84 valence electrons. The minimum absolute atomic E-state index is 0.000768. The number of thiophene rings is 1. The maximum Gasteiger partial charge on any atom is 0.356 e. The van der Waals surface area contributed by atoms with Crippen molar-refractivity contribution in [2.75, 3.05) is 0 Å². The predicted molar refractivity (Wildman–Crippen MR) is 63.3 cm³/mol. The van der Waals surface area contributed by atoms with Crippen LogP contribution in [0.5, 0.6) is 0 Å². The molecule has 0 saturated heterocycles. The van der Waals surface area contributed by atoms with E-state index >= 15 is 0 Å². The summed E-state index contributed by atoms with van der Waals surface area (Å²) in [6.07, 6.45) is 1.41. The molecule has 0 unspecified atom stereocenters. The van der Waals surface area contributed by atoms with Crippen molar-refractivity contribution >= 4 is 23.0 Å². The van der Waals surface area contributed by atoms with Gasteiger partial charge >= 0.3 is 5.97 Å². The lowest BCUT2D eigenvalue weighted by Crippen LogP contribution is -1.95. The fraction of sp³-hybridized carbons (Fsp3) is 0. The largest absolute Gasteiger partial charge is 0.476 e. The van der Waals surface area contributed by atoms with Crippen LogP contribution in [0.4, 0.5) is 0 Å². The lowest BCUT2D eigenvalue weighted by Gasteiger charge is -1.96. The summed E-state index contributed by atoms with van der Waals surface area (Å²) < 4.78 is 1.48. The van der Waals surface area contributed by atoms with Crippen molar-refractivity contribution in [1.29, 1.82) is 0 Å². The SMILES string of the molecule is O=C(O)c1cn2nc(-c3cccs3)ccc2n1. The number of aromatic carboxylic acids is 1. The highest BCUT2D eigenvalue weighted by Gasteiger charge is 2.10. The summed E-state index contributed by atoms with van der Waals surface area (Å²) >= 11 is 1.59. The number of fused-ring (bicyclic) bond motifs is 1. The van der Waals surface area contributed by atoms with Gasteiger partial charge in [0.25, 0.3) is 0 Å². The third kappa shape index (κ3) is 1.68. The Morgan fingerprint density at radius 3 is 2.94 bits per heavy atom. The molecule has 0 aliphatic carbocycles. The molecule has 3 rings (SSSR count). The van der Waals surface area contributed by atoms with Crippen molar-refractivity contribution in [1.82, 2.24) is 14.6 Å². The summed E-state index contributed by atoms with van der Waals surface area (Å²) in [4.78, 5) is 15.8. The van der Waals surface area contributed by atoms with Crippen LogP contribution in [-0.4, -0.2) is 25.7 Å². The molecule has 6 heteroatoms. The van der Waals surface area contributed by atoms with Gasteiger partial charge in [-0.05, 0) is 23.6 Å². The first-order valence-corrected chi connectivity index (χ1v) is 5.75. The first kappa shape index (κ1) is 9.98. The van der Waals surface area contributed by atoms with Gasteiger partial charge in [0.05, 0.1) is 11.1 Å². The van der Waals surface area contributed by atoms with Crippen LogP contribution in [0.15, 0.2) is 35.8 Å². The fourth-order valence-electron chi connectivity index (χ4n) is 1.54. The third-order valence-corrected chi connectivity index (χ3v) is 3.21. The lowest BCUT2D eigenvalue weighted by molar-refractivity contribution is 0.0691. The molecule has 0 amide bonds. The summed E-state index contributed by atoms with van der Waals surface area (Å²) in [6, 6.07) is 7.50. The standard InChI is InChI=1S/C11H7N3O2S/c15-11(16)8-6-14-10(12-8)4-3-7(13-14)9-2-1-5-17-9/h1-6H,(H,15,16). The zero-order valence-electron chi connectivity index (χ0n) is 8.57. The molecule has 3 aromatic rings. The van der Waals surface area contributed by atoms with Gasteiger partial charge in [0.2, 0.25) is 0 Å². The van der Waals surface area contributed by atoms with Crippen LogP contribution in [0, 0.1) is 0 Å². The molecule has 0 spiro atoms. The van der Waals surface area contributed by atoms with Crippen molar-refractivity contribution in [2.24, 2.45) is 0 Å². The van der Waals surface area contributed by atoms with Crippen LogP contribution >= 0.6 is 11.3 Å². The van der Waals surface area contributed by atoms with Gasteiger partial charge in [0.1, 0.15) is 5.69 Å². The van der Waals surface area contributed by atoms with Gasteiger partial charge in [-0.1, -0.05) is 6.07 Å². The molecule has 0 aliphatic rings. The van der Waals surface area contributed by atoms with Crippen molar-refractivity contribution in [2.45, 2.75) is 0 Å². The second kappa shape index (κ2) is 3.67. The number of carbonyl (C=O) groups is 1. The minimum Gasteiger partial charge on any atom is -0.476 e. The maximum absolute atomic E-state index is 10.8. The van der Waals surface area contributed by atoms with E-state index in [1.165, 1.54) is 10.7 Å². The molecular weight excluding hydrogens is 238 g/mol. The topological polar surface area (TPSA) is 67.5 Å². The van der Waals surface area contributed by atoms with Crippen LogP contribution in [0.3, 0.4) is 0 Å². The molecule has 0 aromatic carbocycles. The number of imidazole rings is 1. The van der Waals surface area contributed by atoms with E-state index in [1.807, 2.05) is 23.6 Å². The second-order valence-corrected chi connectivity index (χ2v) is 4.38. The Labute approximate surface area is 100.0 Å². The summed E-state index contributed by atoms with van der Waals surface area (Å²) in [5.41, 5.74) is 1.34. The zero-order chi connectivity index (χ0) is 11.8. The normalized spacial score (nSPS) is 10.8. The number of rotatable bonds is 2. The van der Waals surface area contributed by atoms with Gasteiger partial charge in [0, 0.05) is 0 Å². The van der Waals surface area contributed by atoms with Crippen LogP contribution in [-0.2, 0) is 0 Å². The average Bonchev–Trinajstić information content (AvgIpc) is 2.97. The van der Waals surface area contributed by atoms with E-state index in [0.717, 1.165) is 10.6 Å². The highest BCUT2D eigenvalue weighted by atomic mass is 32.1. The zero-order valence-corrected chi connectivity index (χ0v) is 9.39. The first-order chi connectivity index (χ1) is 8.24. The Morgan fingerprint density at radius 2 is 2.24 bits per heavy atom. The molecule has 1 N–H and O–H groups in total. The van der Waals surface area contributed by atoms with E-state index in [2.05, 4.69) is 10.1 Å². The predicted octanol–water partition coefficient (Wildman–Crippen LogP) is 2.16. The van der Waals surface area contributed by atoms with Crippen molar-refractivity contribution in [3.63, 3.8) is 0 Å². The number of hydrogen-bond donors (Lipinski definition) is 1. The maximum atomic E-state index is 10.8. The quantitative estimate of drug-likeness (QED) is 0.751. The van der Waals surface area contributed by atoms with Crippen molar-refractivity contribution in [3.05, 3.63) is 41.5 Å². The first-order valence-electron chi connectivity index (χ1n) is 4.87. The highest BCUT2D eigenvalue weighted by Crippen LogP contribution is 2.22. The molecule has 0 aliphatic heterocycles. The minimum atomic E-state index is -1.05. The number of carboxylic acid groups (broad SMARTS) is 1. The van der Waals surface area contributed by atoms with E-state index in [-0.39, 0.29) is 5.69 Å². The molecule has 3 aromatic heterocycles. The second-order valence-electron chi connectivity index (χ2n) is 3.43. The average molecular weight is 245 g/mol.